The first-order valence-corrected chi connectivity index (χ1v) is 4.18. The maximum absolute atomic E-state index is 5.97. The average Bonchev–Trinajstić information content (AvgIpc) is 2.20. The monoisotopic (exact) mass is 189 g/mol. The quantitative estimate of drug-likeness (QED) is 0.689. The summed E-state index contributed by atoms with van der Waals surface area (Å²) in [4.78, 5) is 7.92. The average molecular weight is 190 g/mol. The molecule has 0 bridgehead atoms. The molecular formula is C10H6ClN2. The van der Waals surface area contributed by atoms with Crippen molar-refractivity contribution in [2.24, 2.45) is 0 Å². The van der Waals surface area contributed by atoms with E-state index in [0.717, 1.165) is 11.3 Å². The van der Waals surface area contributed by atoms with Crippen LogP contribution in [0.5, 0.6) is 0 Å². The molecule has 3 heteroatoms. The summed E-state index contributed by atoms with van der Waals surface area (Å²) in [6.45, 7) is 0. The third-order valence-electron chi connectivity index (χ3n) is 1.64. The molecule has 1 aromatic heterocycles. The van der Waals surface area contributed by atoms with Gasteiger partial charge in [0.1, 0.15) is 6.33 Å². The van der Waals surface area contributed by atoms with Crippen LogP contribution < -0.4 is 0 Å². The second kappa shape index (κ2) is 3.54. The van der Waals surface area contributed by atoms with Crippen LogP contribution in [0.3, 0.4) is 0 Å². The van der Waals surface area contributed by atoms with Gasteiger partial charge in [-0.2, -0.15) is 0 Å². The molecule has 0 aliphatic carbocycles. The summed E-state index contributed by atoms with van der Waals surface area (Å²) in [5.41, 5.74) is 1.60. The second-order valence-electron chi connectivity index (χ2n) is 2.49. The number of rotatable bonds is 1. The van der Waals surface area contributed by atoms with Gasteiger partial charge in [-0.05, 0) is 18.2 Å². The van der Waals surface area contributed by atoms with E-state index in [-0.39, 0.29) is 0 Å². The summed E-state index contributed by atoms with van der Waals surface area (Å²) in [7, 11) is 0. The molecule has 0 spiro atoms. The normalized spacial score (nSPS) is 9.92. The van der Waals surface area contributed by atoms with Gasteiger partial charge in [0.2, 0.25) is 0 Å². The van der Waals surface area contributed by atoms with Crippen molar-refractivity contribution in [3.8, 4) is 11.3 Å². The van der Waals surface area contributed by atoms with Crippen LogP contribution in [0, 0.1) is 6.07 Å². The van der Waals surface area contributed by atoms with Crippen molar-refractivity contribution in [1.29, 1.82) is 0 Å². The first-order chi connectivity index (χ1) is 6.38. The number of halogens is 1. The zero-order valence-corrected chi connectivity index (χ0v) is 7.49. The van der Waals surface area contributed by atoms with Crippen molar-refractivity contribution < 1.29 is 0 Å². The summed E-state index contributed by atoms with van der Waals surface area (Å²) in [6.07, 6.45) is 3.17. The molecule has 0 saturated carbocycles. The highest BCUT2D eigenvalue weighted by atomic mass is 35.5. The Kier molecular flexibility index (Phi) is 2.23. The van der Waals surface area contributed by atoms with Gasteiger partial charge in [-0.3, -0.25) is 0 Å². The largest absolute Gasteiger partial charge is 0.245 e. The van der Waals surface area contributed by atoms with Crippen molar-refractivity contribution in [2.45, 2.75) is 0 Å². The van der Waals surface area contributed by atoms with Crippen molar-refractivity contribution in [3.63, 3.8) is 0 Å². The standard InChI is InChI=1S/C10H6ClN2/c11-9-4-2-1-3-8(9)10-5-6-12-7-13-10/h1-2,4-7H. The Hall–Kier alpha value is -1.41. The van der Waals surface area contributed by atoms with Crippen LogP contribution in [0.4, 0.5) is 0 Å². The van der Waals surface area contributed by atoms with Gasteiger partial charge in [0.05, 0.1) is 10.7 Å². The highest BCUT2D eigenvalue weighted by Gasteiger charge is 2.02. The first-order valence-electron chi connectivity index (χ1n) is 3.80. The van der Waals surface area contributed by atoms with Crippen LogP contribution in [0.1, 0.15) is 0 Å². The molecular weight excluding hydrogens is 184 g/mol. The van der Waals surface area contributed by atoms with Crippen molar-refractivity contribution >= 4 is 11.6 Å². The van der Waals surface area contributed by atoms with E-state index < -0.39 is 0 Å². The molecule has 1 aromatic carbocycles. The molecule has 0 amide bonds. The number of hydrogen-bond donors (Lipinski definition) is 0. The van der Waals surface area contributed by atoms with E-state index in [9.17, 15) is 0 Å². The lowest BCUT2D eigenvalue weighted by atomic mass is 10.1. The molecule has 13 heavy (non-hydrogen) atoms. The van der Waals surface area contributed by atoms with Gasteiger partial charge in [0, 0.05) is 11.8 Å². The van der Waals surface area contributed by atoms with Crippen molar-refractivity contribution in [1.82, 2.24) is 9.97 Å². The topological polar surface area (TPSA) is 25.8 Å². The molecule has 1 radical (unpaired) electrons. The van der Waals surface area contributed by atoms with Crippen LogP contribution >= 0.6 is 11.6 Å². The van der Waals surface area contributed by atoms with Crippen LogP contribution in [-0.4, -0.2) is 9.97 Å². The van der Waals surface area contributed by atoms with Gasteiger partial charge >= 0.3 is 0 Å². The second-order valence-corrected chi connectivity index (χ2v) is 2.89. The molecule has 0 N–H and O–H groups in total. The lowest BCUT2D eigenvalue weighted by Crippen LogP contribution is -1.84. The van der Waals surface area contributed by atoms with Crippen LogP contribution in [0.25, 0.3) is 11.3 Å². The predicted molar refractivity (Wildman–Crippen MR) is 51.3 cm³/mol. The number of nitrogens with zero attached hydrogens (tertiary/aromatic N) is 2. The first kappa shape index (κ1) is 8.20. The van der Waals surface area contributed by atoms with E-state index in [0.29, 0.717) is 5.02 Å². The molecule has 2 aromatic rings. The minimum absolute atomic E-state index is 0.654. The predicted octanol–water partition coefficient (Wildman–Crippen LogP) is 2.60. The van der Waals surface area contributed by atoms with Crippen LogP contribution in [0.2, 0.25) is 5.02 Å². The molecule has 0 aliphatic heterocycles. The minimum Gasteiger partial charge on any atom is -0.245 e. The Bertz CT molecular complexity index is 401. The molecule has 1 heterocycles. The minimum atomic E-state index is 0.654. The van der Waals surface area contributed by atoms with Gasteiger partial charge in [0.15, 0.2) is 0 Å². The van der Waals surface area contributed by atoms with Crippen LogP contribution in [0.15, 0.2) is 36.8 Å². The smallest absolute Gasteiger partial charge is 0.116 e. The van der Waals surface area contributed by atoms with Crippen molar-refractivity contribution in [2.75, 3.05) is 0 Å². The zero-order chi connectivity index (χ0) is 9.10. The SMILES string of the molecule is Clc1ccc[c]c1-c1ccncn1. The van der Waals surface area contributed by atoms with E-state index in [2.05, 4.69) is 16.0 Å². The Morgan fingerprint density at radius 1 is 1.31 bits per heavy atom. The number of benzene rings is 1. The van der Waals surface area contributed by atoms with Gasteiger partial charge in [-0.15, -0.1) is 0 Å². The van der Waals surface area contributed by atoms with Gasteiger partial charge in [-0.25, -0.2) is 9.97 Å². The van der Waals surface area contributed by atoms with E-state index in [1.165, 1.54) is 6.33 Å². The van der Waals surface area contributed by atoms with Gasteiger partial charge < -0.3 is 0 Å². The van der Waals surface area contributed by atoms with Crippen LogP contribution in [-0.2, 0) is 0 Å². The molecule has 0 atom stereocenters. The molecule has 0 saturated heterocycles. The lowest BCUT2D eigenvalue weighted by molar-refractivity contribution is 1.17. The summed E-state index contributed by atoms with van der Waals surface area (Å²) in [5.74, 6) is 0. The summed E-state index contributed by atoms with van der Waals surface area (Å²) in [6, 6.07) is 10.3. The molecule has 0 aliphatic rings. The molecule has 0 unspecified atom stereocenters. The summed E-state index contributed by atoms with van der Waals surface area (Å²) >= 11 is 5.97. The lowest BCUT2D eigenvalue weighted by Gasteiger charge is -2.00. The molecule has 63 valence electrons. The summed E-state index contributed by atoms with van der Waals surface area (Å²) < 4.78 is 0. The Morgan fingerprint density at radius 2 is 2.23 bits per heavy atom. The maximum Gasteiger partial charge on any atom is 0.116 e. The van der Waals surface area contributed by atoms with E-state index in [1.54, 1.807) is 12.3 Å². The highest BCUT2D eigenvalue weighted by Crippen LogP contribution is 2.24. The number of hydrogen-bond acceptors (Lipinski definition) is 2. The van der Waals surface area contributed by atoms with Gasteiger partial charge in [-0.1, -0.05) is 23.7 Å². The zero-order valence-electron chi connectivity index (χ0n) is 6.74. The molecule has 2 nitrogen and oxygen atoms in total. The van der Waals surface area contributed by atoms with E-state index >= 15 is 0 Å². The Labute approximate surface area is 81.2 Å². The van der Waals surface area contributed by atoms with E-state index in [1.807, 2.05) is 18.2 Å². The fourth-order valence-corrected chi connectivity index (χ4v) is 1.28. The maximum atomic E-state index is 5.97. The molecule has 0 fully saturated rings. The fraction of sp³-hybridized carbons (Fsp3) is 0. The van der Waals surface area contributed by atoms with E-state index in [4.69, 9.17) is 11.6 Å². The Balaban J connectivity index is 2.54. The number of aromatic nitrogens is 2. The van der Waals surface area contributed by atoms with Gasteiger partial charge in [0.25, 0.3) is 0 Å². The third kappa shape index (κ3) is 1.68. The Morgan fingerprint density at radius 3 is 2.92 bits per heavy atom. The molecule has 2 rings (SSSR count). The van der Waals surface area contributed by atoms with Crippen molar-refractivity contribution in [3.05, 3.63) is 47.9 Å². The highest BCUT2D eigenvalue weighted by molar-refractivity contribution is 6.33. The fourth-order valence-electron chi connectivity index (χ4n) is 1.05. The summed E-state index contributed by atoms with van der Waals surface area (Å²) in [5, 5.41) is 0.654. The third-order valence-corrected chi connectivity index (χ3v) is 1.96.